The van der Waals surface area contributed by atoms with E-state index in [-0.39, 0.29) is 24.3 Å². The maximum atomic E-state index is 14.0. The molecule has 228 valence electrons. The van der Waals surface area contributed by atoms with Crippen molar-refractivity contribution in [3.8, 4) is 0 Å². The molecule has 4 rings (SSSR count). The van der Waals surface area contributed by atoms with Crippen LogP contribution >= 0.6 is 0 Å². The molecular weight excluding hydrogens is 550 g/mol. The van der Waals surface area contributed by atoms with Crippen molar-refractivity contribution in [2.75, 3.05) is 18.0 Å². The van der Waals surface area contributed by atoms with Crippen molar-refractivity contribution in [1.29, 1.82) is 0 Å². The second-order valence-electron chi connectivity index (χ2n) is 11.4. The van der Waals surface area contributed by atoms with Gasteiger partial charge in [0.15, 0.2) is 12.5 Å². The molecule has 0 heterocycles. The van der Waals surface area contributed by atoms with E-state index in [1.165, 1.54) is 4.90 Å². The first kappa shape index (κ1) is 32.0. The molecule has 0 aliphatic rings. The quantitative estimate of drug-likeness (QED) is 0.124. The van der Waals surface area contributed by atoms with Crippen molar-refractivity contribution in [2.45, 2.75) is 51.6 Å². The molecule has 0 bridgehead atoms. The first-order valence-corrected chi connectivity index (χ1v) is 15.0. The van der Waals surface area contributed by atoms with Crippen LogP contribution in [0.15, 0.2) is 109 Å². The number of aldehydes is 1. The topological polar surface area (TPSA) is 90.0 Å². The minimum Gasteiger partial charge on any atom is -0.480 e. The number of carbonyl (C=O) groups is 3. The summed E-state index contributed by atoms with van der Waals surface area (Å²) in [5.41, 5.74) is 5.59. The molecule has 0 spiro atoms. The summed E-state index contributed by atoms with van der Waals surface area (Å²) in [7, 11) is 0. The van der Waals surface area contributed by atoms with E-state index in [2.05, 4.69) is 33.0 Å². The summed E-state index contributed by atoms with van der Waals surface area (Å²) >= 11 is 0. The van der Waals surface area contributed by atoms with Crippen LogP contribution in [0, 0.1) is 0 Å². The molecular formula is C37H41N3O4. The maximum Gasteiger partial charge on any atom is 0.323 e. The predicted octanol–water partition coefficient (Wildman–Crippen LogP) is 7.52. The summed E-state index contributed by atoms with van der Waals surface area (Å²) in [6, 6.07) is 34.8. The van der Waals surface area contributed by atoms with E-state index in [0.29, 0.717) is 0 Å². The number of para-hydroxylation sites is 2. The van der Waals surface area contributed by atoms with Gasteiger partial charge in [0, 0.05) is 23.8 Å². The Balaban J connectivity index is 1.95. The van der Waals surface area contributed by atoms with E-state index in [9.17, 15) is 19.5 Å². The van der Waals surface area contributed by atoms with Crippen molar-refractivity contribution in [1.82, 2.24) is 10.2 Å². The second-order valence-corrected chi connectivity index (χ2v) is 11.4. The summed E-state index contributed by atoms with van der Waals surface area (Å²) in [5.74, 6) is -1.21. The molecule has 2 N–H and O–H groups in total. The minimum atomic E-state index is -1.17. The van der Waals surface area contributed by atoms with Crippen molar-refractivity contribution in [2.24, 2.45) is 0 Å². The van der Waals surface area contributed by atoms with Crippen LogP contribution in [0.4, 0.5) is 16.2 Å². The summed E-state index contributed by atoms with van der Waals surface area (Å²) in [6.07, 6.45) is -0.319. The van der Waals surface area contributed by atoms with E-state index in [0.717, 1.165) is 39.9 Å². The fourth-order valence-electron chi connectivity index (χ4n) is 5.61. The van der Waals surface area contributed by atoms with Gasteiger partial charge >= 0.3 is 12.0 Å². The van der Waals surface area contributed by atoms with Gasteiger partial charge in [-0.25, -0.2) is 4.79 Å². The smallest absolute Gasteiger partial charge is 0.323 e. The summed E-state index contributed by atoms with van der Waals surface area (Å²) < 4.78 is 0. The maximum absolute atomic E-state index is 14.0. The lowest BCUT2D eigenvalue weighted by Crippen LogP contribution is -2.56. The third-order valence-electron chi connectivity index (χ3n) is 7.78. The molecule has 44 heavy (non-hydrogen) atoms. The molecule has 0 aromatic heterocycles. The summed E-state index contributed by atoms with van der Waals surface area (Å²) in [4.78, 5) is 42.4. The highest BCUT2D eigenvalue weighted by Crippen LogP contribution is 2.39. The van der Waals surface area contributed by atoms with Crippen molar-refractivity contribution < 1.29 is 19.5 Å². The zero-order valence-corrected chi connectivity index (χ0v) is 25.8. The number of aliphatic carboxylic acids is 1. The molecule has 4 aromatic carbocycles. The number of hydrogen-bond acceptors (Lipinski definition) is 4. The van der Waals surface area contributed by atoms with Gasteiger partial charge in [0.25, 0.3) is 0 Å². The number of nitrogens with one attached hydrogen (secondary N) is 1. The number of hydrogen-bond donors (Lipinski definition) is 2. The van der Waals surface area contributed by atoms with Gasteiger partial charge in [-0.15, -0.1) is 0 Å². The molecule has 0 fully saturated rings. The van der Waals surface area contributed by atoms with E-state index < -0.39 is 24.7 Å². The summed E-state index contributed by atoms with van der Waals surface area (Å²) in [6.45, 7) is 7.93. The molecule has 0 aliphatic heterocycles. The van der Waals surface area contributed by atoms with E-state index in [1.807, 2.05) is 114 Å². The van der Waals surface area contributed by atoms with Crippen molar-refractivity contribution in [3.05, 3.63) is 131 Å². The Morgan fingerprint density at radius 2 is 1.14 bits per heavy atom. The Bertz CT molecular complexity index is 1450. The number of urea groups is 1. The van der Waals surface area contributed by atoms with Gasteiger partial charge in [-0.2, -0.15) is 0 Å². The lowest BCUT2D eigenvalue weighted by Gasteiger charge is -2.41. The molecule has 2 amide bonds. The number of carboxylic acids is 1. The van der Waals surface area contributed by atoms with E-state index >= 15 is 0 Å². The standard InChI is InChI=1S/C37H41N3O4/c1-26(2)30-19-11-13-21-33(30)40(34-22-14-12-20-31(34)27(3)4)35(25-41)39(37(44)38-23-36(42)43)24-32(28-15-7-5-8-16-28)29-17-9-6-10-18-29/h5-22,25-27,32,35H,23-24H2,1-4H3,(H,38,44)(H,42,43). The molecule has 0 saturated heterocycles. The SMILES string of the molecule is CC(C)c1ccccc1N(c1ccccc1C(C)C)C(C=O)N(CC(c1ccccc1)c1ccccc1)C(=O)NCC(=O)O. The Labute approximate surface area is 260 Å². The monoisotopic (exact) mass is 591 g/mol. The van der Waals surface area contributed by atoms with Gasteiger partial charge < -0.3 is 15.3 Å². The lowest BCUT2D eigenvalue weighted by atomic mass is 9.90. The Kier molecular flexibility index (Phi) is 10.9. The molecule has 7 nitrogen and oxygen atoms in total. The van der Waals surface area contributed by atoms with Crippen LogP contribution in [0.5, 0.6) is 0 Å². The number of rotatable bonds is 13. The zero-order valence-electron chi connectivity index (χ0n) is 25.8. The highest BCUT2D eigenvalue weighted by Gasteiger charge is 2.35. The first-order valence-electron chi connectivity index (χ1n) is 15.0. The molecule has 1 atom stereocenters. The van der Waals surface area contributed by atoms with Crippen LogP contribution in [-0.2, 0) is 9.59 Å². The van der Waals surface area contributed by atoms with E-state index in [4.69, 9.17) is 0 Å². The van der Waals surface area contributed by atoms with Crippen LogP contribution in [0.3, 0.4) is 0 Å². The number of carbonyl (C=O) groups excluding carboxylic acids is 2. The fourth-order valence-corrected chi connectivity index (χ4v) is 5.61. The number of anilines is 2. The largest absolute Gasteiger partial charge is 0.480 e. The number of benzene rings is 4. The zero-order chi connectivity index (χ0) is 31.6. The Morgan fingerprint density at radius 3 is 1.55 bits per heavy atom. The fraction of sp³-hybridized carbons (Fsp3) is 0.270. The van der Waals surface area contributed by atoms with Crippen LogP contribution < -0.4 is 10.2 Å². The number of nitrogens with zero attached hydrogens (tertiary/aromatic N) is 2. The molecule has 1 unspecified atom stereocenters. The average molecular weight is 592 g/mol. The molecule has 0 saturated carbocycles. The lowest BCUT2D eigenvalue weighted by molar-refractivity contribution is -0.135. The van der Waals surface area contributed by atoms with Gasteiger partial charge in [0.2, 0.25) is 0 Å². The van der Waals surface area contributed by atoms with Gasteiger partial charge in [-0.1, -0.05) is 125 Å². The normalized spacial score (nSPS) is 11.8. The van der Waals surface area contributed by atoms with Gasteiger partial charge in [-0.3, -0.25) is 14.5 Å². The minimum absolute atomic E-state index is 0.118. The Hall–Kier alpha value is -4.91. The first-order chi connectivity index (χ1) is 21.2. The van der Waals surface area contributed by atoms with Gasteiger partial charge in [0.05, 0.1) is 0 Å². The molecule has 0 aliphatic carbocycles. The van der Waals surface area contributed by atoms with Crippen LogP contribution in [0.2, 0.25) is 0 Å². The van der Waals surface area contributed by atoms with Crippen molar-refractivity contribution >= 4 is 29.7 Å². The highest BCUT2D eigenvalue weighted by atomic mass is 16.4. The molecule has 7 heteroatoms. The predicted molar refractivity (Wildman–Crippen MR) is 176 cm³/mol. The van der Waals surface area contributed by atoms with Gasteiger partial charge in [-0.05, 0) is 46.2 Å². The molecule has 4 aromatic rings. The summed E-state index contributed by atoms with van der Waals surface area (Å²) in [5, 5.41) is 12.0. The van der Waals surface area contributed by atoms with Crippen molar-refractivity contribution in [3.63, 3.8) is 0 Å². The van der Waals surface area contributed by atoms with Crippen LogP contribution in [0.1, 0.15) is 67.7 Å². The Morgan fingerprint density at radius 1 is 0.705 bits per heavy atom. The van der Waals surface area contributed by atoms with Gasteiger partial charge in [0.1, 0.15) is 6.54 Å². The second kappa shape index (κ2) is 15.0. The van der Waals surface area contributed by atoms with Crippen LogP contribution in [0.25, 0.3) is 0 Å². The van der Waals surface area contributed by atoms with E-state index in [1.54, 1.807) is 0 Å². The third-order valence-corrected chi connectivity index (χ3v) is 7.78. The average Bonchev–Trinajstić information content (AvgIpc) is 3.04. The van der Waals surface area contributed by atoms with Crippen LogP contribution in [-0.4, -0.2) is 47.5 Å². The third kappa shape index (κ3) is 7.53. The number of amides is 2. The number of carboxylic acid groups (broad SMARTS) is 1. The molecule has 0 radical (unpaired) electrons. The highest BCUT2D eigenvalue weighted by molar-refractivity contribution is 5.86.